The van der Waals surface area contributed by atoms with E-state index in [1.54, 1.807) is 24.3 Å². The lowest BCUT2D eigenvalue weighted by Crippen LogP contribution is -2.25. The molecule has 0 aromatic heterocycles. The predicted octanol–water partition coefficient (Wildman–Crippen LogP) is 3.00. The van der Waals surface area contributed by atoms with E-state index < -0.39 is 0 Å². The molecule has 0 bridgehead atoms. The Morgan fingerprint density at radius 3 is 2.32 bits per heavy atom. The minimum atomic E-state index is -0.0783. The van der Waals surface area contributed by atoms with Crippen molar-refractivity contribution in [3.63, 3.8) is 0 Å². The van der Waals surface area contributed by atoms with Gasteiger partial charge in [0.15, 0.2) is 5.78 Å². The highest BCUT2D eigenvalue weighted by molar-refractivity contribution is 5.94. The molecule has 0 radical (unpaired) electrons. The standard InChI is InChI=1S/C21H21NO3/c1-3-25-20-12-8-18(9-13-20)15-21(24)22-14-4-5-17-6-10-19(11-7-17)16(2)23/h6-13H,3,14-15H2,1-2H3,(H,22,24). The lowest BCUT2D eigenvalue weighted by Gasteiger charge is -2.05. The lowest BCUT2D eigenvalue weighted by molar-refractivity contribution is -0.120. The summed E-state index contributed by atoms with van der Waals surface area (Å²) in [6, 6.07) is 14.6. The van der Waals surface area contributed by atoms with Crippen molar-refractivity contribution < 1.29 is 14.3 Å². The van der Waals surface area contributed by atoms with Gasteiger partial charge in [0.25, 0.3) is 0 Å². The molecule has 0 aliphatic heterocycles. The summed E-state index contributed by atoms with van der Waals surface area (Å²) >= 11 is 0. The Balaban J connectivity index is 1.79. The maximum atomic E-state index is 11.9. The largest absolute Gasteiger partial charge is 0.494 e. The molecule has 0 unspecified atom stereocenters. The van der Waals surface area contributed by atoms with Crippen LogP contribution in [0, 0.1) is 11.8 Å². The Morgan fingerprint density at radius 1 is 1.04 bits per heavy atom. The molecular formula is C21H21NO3. The Kier molecular flexibility index (Phi) is 6.79. The maximum Gasteiger partial charge on any atom is 0.225 e. The van der Waals surface area contributed by atoms with Crippen molar-refractivity contribution in [1.82, 2.24) is 5.32 Å². The second-order valence-electron chi connectivity index (χ2n) is 5.47. The molecule has 0 heterocycles. The molecule has 0 fully saturated rings. The van der Waals surface area contributed by atoms with Gasteiger partial charge in [-0.25, -0.2) is 0 Å². The van der Waals surface area contributed by atoms with Gasteiger partial charge in [-0.15, -0.1) is 0 Å². The molecule has 25 heavy (non-hydrogen) atoms. The van der Waals surface area contributed by atoms with Crippen molar-refractivity contribution >= 4 is 11.7 Å². The van der Waals surface area contributed by atoms with E-state index in [-0.39, 0.29) is 18.2 Å². The van der Waals surface area contributed by atoms with E-state index in [0.717, 1.165) is 16.9 Å². The molecule has 2 aromatic carbocycles. The molecule has 2 rings (SSSR count). The Bertz CT molecular complexity index is 781. The summed E-state index contributed by atoms with van der Waals surface area (Å²) in [6.07, 6.45) is 0.307. The van der Waals surface area contributed by atoms with Crippen LogP contribution in [-0.2, 0) is 11.2 Å². The van der Waals surface area contributed by atoms with Crippen LogP contribution in [0.2, 0.25) is 0 Å². The highest BCUT2D eigenvalue weighted by atomic mass is 16.5. The summed E-state index contributed by atoms with van der Waals surface area (Å²) in [5, 5.41) is 2.77. The molecule has 0 aliphatic rings. The SMILES string of the molecule is CCOc1ccc(CC(=O)NCC#Cc2ccc(C(C)=O)cc2)cc1. The van der Waals surface area contributed by atoms with Gasteiger partial charge >= 0.3 is 0 Å². The van der Waals surface area contributed by atoms with E-state index in [2.05, 4.69) is 17.2 Å². The molecule has 0 aliphatic carbocycles. The summed E-state index contributed by atoms with van der Waals surface area (Å²) in [4.78, 5) is 23.1. The smallest absolute Gasteiger partial charge is 0.225 e. The van der Waals surface area contributed by atoms with Gasteiger partial charge in [0.2, 0.25) is 5.91 Å². The van der Waals surface area contributed by atoms with Gasteiger partial charge in [0.1, 0.15) is 5.75 Å². The van der Waals surface area contributed by atoms with E-state index in [4.69, 9.17) is 4.74 Å². The summed E-state index contributed by atoms with van der Waals surface area (Å²) in [6.45, 7) is 4.36. The van der Waals surface area contributed by atoms with E-state index in [1.165, 1.54) is 6.92 Å². The number of benzene rings is 2. The molecule has 0 saturated carbocycles. The van der Waals surface area contributed by atoms with Crippen LogP contribution in [0.15, 0.2) is 48.5 Å². The number of ether oxygens (including phenoxy) is 1. The molecule has 0 spiro atoms. The number of nitrogens with one attached hydrogen (secondary N) is 1. The third-order valence-corrected chi connectivity index (χ3v) is 3.50. The Labute approximate surface area is 148 Å². The predicted molar refractivity (Wildman–Crippen MR) is 97.6 cm³/mol. The summed E-state index contributed by atoms with van der Waals surface area (Å²) < 4.78 is 5.37. The number of hydrogen-bond donors (Lipinski definition) is 1. The third kappa shape index (κ3) is 6.15. The number of ketones is 1. The third-order valence-electron chi connectivity index (χ3n) is 3.50. The minimum absolute atomic E-state index is 0.0288. The summed E-state index contributed by atoms with van der Waals surface area (Å²) in [5.74, 6) is 6.61. The first-order valence-corrected chi connectivity index (χ1v) is 8.17. The zero-order valence-electron chi connectivity index (χ0n) is 14.5. The zero-order chi connectivity index (χ0) is 18.1. The van der Waals surface area contributed by atoms with Gasteiger partial charge < -0.3 is 10.1 Å². The van der Waals surface area contributed by atoms with Crippen LogP contribution in [0.3, 0.4) is 0 Å². The number of rotatable bonds is 6. The molecule has 4 nitrogen and oxygen atoms in total. The van der Waals surface area contributed by atoms with Crippen LogP contribution in [-0.4, -0.2) is 24.8 Å². The first kappa shape index (κ1) is 18.3. The lowest BCUT2D eigenvalue weighted by atomic mass is 10.1. The van der Waals surface area contributed by atoms with Crippen molar-refractivity contribution in [3.8, 4) is 17.6 Å². The normalized spacial score (nSPS) is 9.68. The Morgan fingerprint density at radius 2 is 1.72 bits per heavy atom. The van der Waals surface area contributed by atoms with Crippen LogP contribution in [0.5, 0.6) is 5.75 Å². The number of Topliss-reactive ketones (excluding diaryl/α,β-unsaturated/α-hetero) is 1. The molecule has 1 amide bonds. The number of hydrogen-bond acceptors (Lipinski definition) is 3. The van der Waals surface area contributed by atoms with Crippen LogP contribution < -0.4 is 10.1 Å². The van der Waals surface area contributed by atoms with Gasteiger partial charge in [-0.3, -0.25) is 9.59 Å². The summed E-state index contributed by atoms with van der Waals surface area (Å²) in [5.41, 5.74) is 2.40. The Hall–Kier alpha value is -3.06. The van der Waals surface area contributed by atoms with Crippen molar-refractivity contribution in [3.05, 3.63) is 65.2 Å². The van der Waals surface area contributed by atoms with Crippen molar-refractivity contribution in [2.24, 2.45) is 0 Å². The molecule has 2 aromatic rings. The minimum Gasteiger partial charge on any atom is -0.494 e. The van der Waals surface area contributed by atoms with E-state index in [9.17, 15) is 9.59 Å². The number of amides is 1. The topological polar surface area (TPSA) is 55.4 Å². The average Bonchev–Trinajstić information content (AvgIpc) is 2.61. The van der Waals surface area contributed by atoms with E-state index in [0.29, 0.717) is 18.6 Å². The van der Waals surface area contributed by atoms with Crippen molar-refractivity contribution in [2.75, 3.05) is 13.2 Å². The van der Waals surface area contributed by atoms with Crippen molar-refractivity contribution in [1.29, 1.82) is 0 Å². The monoisotopic (exact) mass is 335 g/mol. The molecule has 0 atom stereocenters. The van der Waals surface area contributed by atoms with Crippen LogP contribution >= 0.6 is 0 Å². The van der Waals surface area contributed by atoms with Crippen LogP contribution in [0.1, 0.15) is 35.3 Å². The quantitative estimate of drug-likeness (QED) is 0.652. The van der Waals surface area contributed by atoms with E-state index in [1.807, 2.05) is 31.2 Å². The van der Waals surface area contributed by atoms with E-state index >= 15 is 0 Å². The molecule has 1 N–H and O–H groups in total. The average molecular weight is 335 g/mol. The fourth-order valence-electron chi connectivity index (χ4n) is 2.20. The van der Waals surface area contributed by atoms with Gasteiger partial charge in [-0.1, -0.05) is 36.1 Å². The second kappa shape index (κ2) is 9.29. The number of carbonyl (C=O) groups is 2. The maximum absolute atomic E-state index is 11.9. The van der Waals surface area contributed by atoms with Crippen LogP contribution in [0.25, 0.3) is 0 Å². The zero-order valence-corrected chi connectivity index (χ0v) is 14.5. The van der Waals surface area contributed by atoms with Gasteiger partial charge in [-0.05, 0) is 43.7 Å². The van der Waals surface area contributed by atoms with Gasteiger partial charge in [0.05, 0.1) is 19.6 Å². The first-order valence-electron chi connectivity index (χ1n) is 8.17. The van der Waals surface area contributed by atoms with Gasteiger partial charge in [0, 0.05) is 11.1 Å². The highest BCUT2D eigenvalue weighted by Gasteiger charge is 2.02. The second-order valence-corrected chi connectivity index (χ2v) is 5.47. The van der Waals surface area contributed by atoms with Gasteiger partial charge in [-0.2, -0.15) is 0 Å². The number of carbonyl (C=O) groups excluding carboxylic acids is 2. The molecular weight excluding hydrogens is 314 g/mol. The highest BCUT2D eigenvalue weighted by Crippen LogP contribution is 2.12. The molecule has 4 heteroatoms. The van der Waals surface area contributed by atoms with Crippen LogP contribution in [0.4, 0.5) is 0 Å². The summed E-state index contributed by atoms with van der Waals surface area (Å²) in [7, 11) is 0. The fraction of sp³-hybridized carbons (Fsp3) is 0.238. The van der Waals surface area contributed by atoms with Crippen molar-refractivity contribution in [2.45, 2.75) is 20.3 Å². The molecule has 0 saturated heterocycles. The first-order chi connectivity index (χ1) is 12.1. The fourth-order valence-corrected chi connectivity index (χ4v) is 2.20. The molecule has 128 valence electrons.